The van der Waals surface area contributed by atoms with Gasteiger partial charge < -0.3 is 9.47 Å². The van der Waals surface area contributed by atoms with Crippen molar-refractivity contribution in [2.75, 3.05) is 13.2 Å². The Labute approximate surface area is 240 Å². The molecule has 3 heterocycles. The van der Waals surface area contributed by atoms with Crippen LogP contribution in [0.25, 0.3) is 11.4 Å². The van der Waals surface area contributed by atoms with Gasteiger partial charge in [-0.15, -0.1) is 11.3 Å². The molecule has 1 aromatic heterocycles. The van der Waals surface area contributed by atoms with Gasteiger partial charge in [0.25, 0.3) is 0 Å². The average Bonchev–Trinajstić information content (AvgIpc) is 3.65. The molecule has 2 aliphatic heterocycles. The molecule has 5 heteroatoms. The summed E-state index contributed by atoms with van der Waals surface area (Å²) in [5.41, 5.74) is 6.12. The fourth-order valence-electron chi connectivity index (χ4n) is 5.14. The lowest BCUT2D eigenvalue weighted by Gasteiger charge is -2.17. The molecule has 0 spiro atoms. The fraction of sp³-hybridized carbons (Fsp3) is 0.529. The van der Waals surface area contributed by atoms with Gasteiger partial charge in [0, 0.05) is 10.4 Å². The summed E-state index contributed by atoms with van der Waals surface area (Å²) in [5.74, 6) is 2.43. The molecule has 4 nitrogen and oxygen atoms in total. The Balaban J connectivity index is 1.73. The third-order valence-corrected chi connectivity index (χ3v) is 8.88. The number of aryl methyl sites for hydroxylation is 2. The number of benzene rings is 1. The fourth-order valence-corrected chi connectivity index (χ4v) is 6.00. The number of unbranched alkanes of at least 4 members (excludes halogenated alkanes) is 2. The molecule has 0 aliphatic carbocycles. The minimum Gasteiger partial charge on any atom is -0.477 e. The number of hydrogen-bond donors (Lipinski definition) is 0. The second-order valence-electron chi connectivity index (χ2n) is 11.0. The van der Waals surface area contributed by atoms with Crippen LogP contribution in [0.4, 0.5) is 0 Å². The van der Waals surface area contributed by atoms with Gasteiger partial charge in [0.15, 0.2) is 0 Å². The highest BCUT2D eigenvalue weighted by molar-refractivity contribution is 7.13. The number of hydrogen-bond acceptors (Lipinski definition) is 5. The van der Waals surface area contributed by atoms with Gasteiger partial charge >= 0.3 is 0 Å². The van der Waals surface area contributed by atoms with Gasteiger partial charge in [-0.25, -0.2) is 9.98 Å². The van der Waals surface area contributed by atoms with Crippen LogP contribution in [0.3, 0.4) is 0 Å². The van der Waals surface area contributed by atoms with Crippen molar-refractivity contribution in [3.05, 3.63) is 68.4 Å². The van der Waals surface area contributed by atoms with Gasteiger partial charge in [-0.05, 0) is 50.7 Å². The molecule has 0 fully saturated rings. The van der Waals surface area contributed by atoms with Crippen molar-refractivity contribution >= 4 is 34.5 Å². The van der Waals surface area contributed by atoms with Crippen LogP contribution in [0.15, 0.2) is 57.5 Å². The summed E-state index contributed by atoms with van der Waals surface area (Å²) in [6.45, 7) is 14.6. The van der Waals surface area contributed by atoms with Crippen molar-refractivity contribution in [3.63, 3.8) is 0 Å². The van der Waals surface area contributed by atoms with Crippen LogP contribution >= 0.6 is 11.3 Å². The molecule has 0 saturated heterocycles. The molecule has 4 rings (SSSR count). The highest BCUT2D eigenvalue weighted by Crippen LogP contribution is 2.44. The lowest BCUT2D eigenvalue weighted by molar-refractivity contribution is 0.222. The summed E-state index contributed by atoms with van der Waals surface area (Å²) < 4.78 is 13.2. The summed E-state index contributed by atoms with van der Waals surface area (Å²) in [7, 11) is 0. The highest BCUT2D eigenvalue weighted by atomic mass is 32.1. The Kier molecular flexibility index (Phi) is 10.6. The molecule has 2 unspecified atom stereocenters. The molecular formula is C34H46N2O2S. The molecular weight excluding hydrogens is 500 g/mol. The smallest absolute Gasteiger partial charge is 0.224 e. The van der Waals surface area contributed by atoms with Gasteiger partial charge in [0.2, 0.25) is 11.8 Å². The number of nitrogens with zero attached hydrogens (tertiary/aromatic N) is 2. The summed E-state index contributed by atoms with van der Waals surface area (Å²) in [5, 5.41) is 0. The van der Waals surface area contributed by atoms with Crippen LogP contribution in [0.2, 0.25) is 0 Å². The Morgan fingerprint density at radius 3 is 1.72 bits per heavy atom. The lowest BCUT2D eigenvalue weighted by atomic mass is 9.99. The van der Waals surface area contributed by atoms with E-state index in [2.05, 4.69) is 77.9 Å². The molecule has 39 heavy (non-hydrogen) atoms. The van der Waals surface area contributed by atoms with Crippen LogP contribution < -0.4 is 0 Å². The van der Waals surface area contributed by atoms with Crippen LogP contribution in [0.5, 0.6) is 0 Å². The predicted octanol–water partition coefficient (Wildman–Crippen LogP) is 9.78. The Morgan fingerprint density at radius 1 is 0.692 bits per heavy atom. The Hall–Kier alpha value is -2.66. The van der Waals surface area contributed by atoms with Crippen molar-refractivity contribution in [2.45, 2.75) is 92.9 Å². The summed E-state index contributed by atoms with van der Waals surface area (Å²) in [6.07, 6.45) is 9.45. The van der Waals surface area contributed by atoms with Crippen molar-refractivity contribution in [1.29, 1.82) is 0 Å². The monoisotopic (exact) mass is 546 g/mol. The standard InChI is InChI=1S/C34H46N2O2S/c1-7-11-13-25(9-3)21-37-33-29-30(32(36-33)28-20-17-24(6)39-28)34(38-22-26(10-4)14-12-8-2)35-31(29)27-18-15-23(5)16-19-27/h15-20,25-26H,7-14,21-22H2,1-6H3. The molecule has 0 N–H and O–H groups in total. The molecule has 0 saturated carbocycles. The molecule has 2 aliphatic rings. The second kappa shape index (κ2) is 14.1. The van der Waals surface area contributed by atoms with E-state index in [9.17, 15) is 0 Å². The maximum Gasteiger partial charge on any atom is 0.224 e. The van der Waals surface area contributed by atoms with E-state index in [0.29, 0.717) is 36.8 Å². The molecule has 210 valence electrons. The molecule has 0 bridgehead atoms. The van der Waals surface area contributed by atoms with E-state index >= 15 is 0 Å². The first-order valence-electron chi connectivity index (χ1n) is 15.0. The normalized spacial score (nSPS) is 16.4. The van der Waals surface area contributed by atoms with Crippen LogP contribution in [-0.4, -0.2) is 25.0 Å². The number of rotatable bonds is 14. The maximum absolute atomic E-state index is 6.58. The number of ether oxygens (including phenoxy) is 2. The number of fused-ring (bicyclic) bond motifs is 1. The number of thiophene rings is 1. The molecule has 0 radical (unpaired) electrons. The average molecular weight is 547 g/mol. The first-order valence-corrected chi connectivity index (χ1v) is 15.9. The van der Waals surface area contributed by atoms with Gasteiger partial charge in [0.05, 0.1) is 40.6 Å². The third-order valence-electron chi connectivity index (χ3n) is 7.87. The topological polar surface area (TPSA) is 43.2 Å². The molecule has 1 aromatic carbocycles. The SMILES string of the molecule is CCCCC(CC)COC1=NC(c2ccc(C)s2)=C2C(OCC(CC)CCCC)=NC(c3ccc(C)cc3)=C12. The van der Waals surface area contributed by atoms with Crippen molar-refractivity contribution < 1.29 is 9.47 Å². The van der Waals surface area contributed by atoms with E-state index in [-0.39, 0.29) is 0 Å². The van der Waals surface area contributed by atoms with Crippen molar-refractivity contribution in [1.82, 2.24) is 0 Å². The van der Waals surface area contributed by atoms with E-state index in [1.165, 1.54) is 49.0 Å². The molecule has 0 amide bonds. The Bertz CT molecular complexity index is 1210. The summed E-state index contributed by atoms with van der Waals surface area (Å²) in [4.78, 5) is 12.7. The zero-order chi connectivity index (χ0) is 27.8. The zero-order valence-electron chi connectivity index (χ0n) is 24.8. The lowest BCUT2D eigenvalue weighted by Crippen LogP contribution is -2.17. The first kappa shape index (κ1) is 29.3. The van der Waals surface area contributed by atoms with Crippen molar-refractivity contribution in [3.8, 4) is 0 Å². The van der Waals surface area contributed by atoms with E-state index in [4.69, 9.17) is 19.5 Å². The molecule has 2 aromatic rings. The predicted molar refractivity (Wildman–Crippen MR) is 167 cm³/mol. The zero-order valence-corrected chi connectivity index (χ0v) is 25.6. The van der Waals surface area contributed by atoms with E-state index < -0.39 is 0 Å². The Morgan fingerprint density at radius 2 is 1.23 bits per heavy atom. The summed E-state index contributed by atoms with van der Waals surface area (Å²) in [6, 6.07) is 12.9. The van der Waals surface area contributed by atoms with E-state index in [1.54, 1.807) is 11.3 Å². The van der Waals surface area contributed by atoms with Crippen LogP contribution in [0, 0.1) is 25.7 Å². The minimum atomic E-state index is 0.523. The highest BCUT2D eigenvalue weighted by Gasteiger charge is 2.39. The van der Waals surface area contributed by atoms with Gasteiger partial charge in [-0.2, -0.15) is 0 Å². The summed E-state index contributed by atoms with van der Waals surface area (Å²) >= 11 is 1.76. The maximum atomic E-state index is 6.58. The van der Waals surface area contributed by atoms with Gasteiger partial charge in [-0.1, -0.05) is 96.0 Å². The quantitative estimate of drug-likeness (QED) is 0.237. The van der Waals surface area contributed by atoms with Crippen molar-refractivity contribution in [2.24, 2.45) is 21.8 Å². The van der Waals surface area contributed by atoms with E-state index in [1.807, 2.05) is 0 Å². The first-order chi connectivity index (χ1) is 19.0. The second-order valence-corrected chi connectivity index (χ2v) is 12.3. The van der Waals surface area contributed by atoms with Crippen LogP contribution in [0.1, 0.15) is 99.9 Å². The third kappa shape index (κ3) is 7.11. The minimum absolute atomic E-state index is 0.523. The van der Waals surface area contributed by atoms with Gasteiger partial charge in [-0.3, -0.25) is 0 Å². The number of aliphatic imine (C=N–C) groups is 2. The largest absolute Gasteiger partial charge is 0.477 e. The van der Waals surface area contributed by atoms with E-state index in [0.717, 1.165) is 45.8 Å². The van der Waals surface area contributed by atoms with Crippen LogP contribution in [-0.2, 0) is 9.47 Å². The molecule has 2 atom stereocenters. The van der Waals surface area contributed by atoms with Gasteiger partial charge in [0.1, 0.15) is 0 Å².